The van der Waals surface area contributed by atoms with Gasteiger partial charge >= 0.3 is 5.97 Å². The number of rotatable bonds is 4. The van der Waals surface area contributed by atoms with E-state index in [1.807, 2.05) is 18.2 Å². The average molecular weight is 300 g/mol. The monoisotopic (exact) mass is 300 g/mol. The van der Waals surface area contributed by atoms with Gasteiger partial charge in [0.2, 0.25) is 5.78 Å². The summed E-state index contributed by atoms with van der Waals surface area (Å²) in [5, 5.41) is 0. The highest BCUT2D eigenvalue weighted by molar-refractivity contribution is 7.14. The second-order valence-electron chi connectivity index (χ2n) is 5.19. The van der Waals surface area contributed by atoms with Crippen molar-refractivity contribution >= 4 is 23.1 Å². The minimum atomic E-state index is -0.284. The van der Waals surface area contributed by atoms with Crippen LogP contribution in [0.4, 0.5) is 0 Å². The molecule has 0 aliphatic heterocycles. The van der Waals surface area contributed by atoms with Crippen molar-refractivity contribution in [1.82, 2.24) is 0 Å². The van der Waals surface area contributed by atoms with Crippen LogP contribution < -0.4 is 0 Å². The van der Waals surface area contributed by atoms with Gasteiger partial charge in [0, 0.05) is 10.4 Å². The molecule has 1 heterocycles. The third-order valence-corrected chi connectivity index (χ3v) is 4.88. The molecule has 21 heavy (non-hydrogen) atoms. The number of hydrogen-bond donors (Lipinski definition) is 0. The van der Waals surface area contributed by atoms with Gasteiger partial charge in [0.1, 0.15) is 0 Å². The molecule has 0 radical (unpaired) electrons. The summed E-state index contributed by atoms with van der Waals surface area (Å²) >= 11 is 1.36. The van der Waals surface area contributed by atoms with E-state index in [2.05, 4.69) is 10.8 Å². The maximum absolute atomic E-state index is 12.5. The van der Waals surface area contributed by atoms with E-state index >= 15 is 0 Å². The van der Waals surface area contributed by atoms with Crippen LogP contribution in [-0.4, -0.2) is 18.9 Å². The summed E-state index contributed by atoms with van der Waals surface area (Å²) in [6, 6.07) is 9.61. The number of esters is 1. The highest BCUT2D eigenvalue weighted by atomic mass is 32.1. The molecule has 1 aromatic carbocycles. The van der Waals surface area contributed by atoms with E-state index in [-0.39, 0.29) is 18.2 Å². The van der Waals surface area contributed by atoms with Gasteiger partial charge in [0.15, 0.2) is 0 Å². The first-order valence-corrected chi connectivity index (χ1v) is 7.81. The number of ether oxygens (including phenoxy) is 1. The SMILES string of the molecule is COC(=O)Cc1ccc(C(=O)c2ccc3c(c2)CCC3)s1. The first-order chi connectivity index (χ1) is 10.2. The molecule has 3 rings (SSSR count). The molecule has 1 aliphatic carbocycles. The van der Waals surface area contributed by atoms with Crippen molar-refractivity contribution in [2.75, 3.05) is 7.11 Å². The van der Waals surface area contributed by atoms with Crippen LogP contribution in [0.1, 0.15) is 37.7 Å². The number of thiophene rings is 1. The molecule has 0 atom stereocenters. The number of hydrogen-bond acceptors (Lipinski definition) is 4. The average Bonchev–Trinajstić information content (AvgIpc) is 3.14. The summed E-state index contributed by atoms with van der Waals surface area (Å²) in [6.07, 6.45) is 3.58. The van der Waals surface area contributed by atoms with Gasteiger partial charge in [-0.15, -0.1) is 11.3 Å². The molecule has 0 spiro atoms. The molecule has 1 aromatic heterocycles. The number of carbonyl (C=O) groups is 2. The van der Waals surface area contributed by atoms with E-state index in [9.17, 15) is 9.59 Å². The summed E-state index contributed by atoms with van der Waals surface area (Å²) in [5.74, 6) is -0.251. The lowest BCUT2D eigenvalue weighted by Gasteiger charge is -2.03. The Balaban J connectivity index is 1.80. The number of ketones is 1. The quantitative estimate of drug-likeness (QED) is 0.643. The van der Waals surface area contributed by atoms with Crippen molar-refractivity contribution in [3.8, 4) is 0 Å². The Morgan fingerprint density at radius 1 is 1.14 bits per heavy atom. The summed E-state index contributed by atoms with van der Waals surface area (Å²) in [4.78, 5) is 25.3. The second kappa shape index (κ2) is 5.82. The number of benzene rings is 1. The van der Waals surface area contributed by atoms with Crippen LogP contribution in [0.5, 0.6) is 0 Å². The predicted octanol–water partition coefficient (Wildman–Crippen LogP) is 3.18. The normalized spacial score (nSPS) is 13.0. The molecule has 1 aliphatic rings. The Bertz CT molecular complexity index is 700. The lowest BCUT2D eigenvalue weighted by molar-refractivity contribution is -0.139. The Kier molecular flexibility index (Phi) is 3.88. The molecule has 108 valence electrons. The fourth-order valence-corrected chi connectivity index (χ4v) is 3.62. The Hall–Kier alpha value is -1.94. The fraction of sp³-hybridized carbons (Fsp3) is 0.294. The van der Waals surface area contributed by atoms with Gasteiger partial charge in [-0.25, -0.2) is 0 Å². The van der Waals surface area contributed by atoms with Crippen LogP contribution in [0.2, 0.25) is 0 Å². The molecule has 2 aromatic rings. The number of aryl methyl sites for hydroxylation is 2. The molecular weight excluding hydrogens is 284 g/mol. The maximum atomic E-state index is 12.5. The largest absolute Gasteiger partial charge is 0.469 e. The lowest BCUT2D eigenvalue weighted by atomic mass is 10.0. The molecule has 0 bridgehead atoms. The molecule has 3 nitrogen and oxygen atoms in total. The first kappa shape index (κ1) is 14.0. The van der Waals surface area contributed by atoms with Crippen molar-refractivity contribution < 1.29 is 14.3 Å². The molecule has 0 unspecified atom stereocenters. The van der Waals surface area contributed by atoms with Crippen molar-refractivity contribution in [3.05, 3.63) is 56.8 Å². The zero-order valence-corrected chi connectivity index (χ0v) is 12.7. The second-order valence-corrected chi connectivity index (χ2v) is 6.35. The smallest absolute Gasteiger partial charge is 0.310 e. The minimum Gasteiger partial charge on any atom is -0.469 e. The molecular formula is C17H16O3S. The topological polar surface area (TPSA) is 43.4 Å². The molecule has 0 saturated carbocycles. The Labute approximate surface area is 127 Å². The number of fused-ring (bicyclic) bond motifs is 1. The fourth-order valence-electron chi connectivity index (χ4n) is 2.66. The summed E-state index contributed by atoms with van der Waals surface area (Å²) in [5.41, 5.74) is 3.40. The summed E-state index contributed by atoms with van der Waals surface area (Å²) in [7, 11) is 1.37. The molecule has 0 saturated heterocycles. The number of methoxy groups -OCH3 is 1. The van der Waals surface area contributed by atoms with Crippen LogP contribution in [0, 0.1) is 0 Å². The Morgan fingerprint density at radius 3 is 2.76 bits per heavy atom. The highest BCUT2D eigenvalue weighted by Crippen LogP contribution is 2.26. The van der Waals surface area contributed by atoms with Crippen LogP contribution in [0.15, 0.2) is 30.3 Å². The van der Waals surface area contributed by atoms with E-state index in [1.165, 1.54) is 36.0 Å². The molecule has 4 heteroatoms. The van der Waals surface area contributed by atoms with Crippen LogP contribution in [0.25, 0.3) is 0 Å². The standard InChI is InChI=1S/C17H16O3S/c1-20-16(18)10-14-7-8-15(21-14)17(19)13-6-5-11-3-2-4-12(11)9-13/h5-9H,2-4,10H2,1H3. The van der Waals surface area contributed by atoms with Gasteiger partial charge < -0.3 is 4.74 Å². The van der Waals surface area contributed by atoms with E-state index < -0.39 is 0 Å². The van der Waals surface area contributed by atoms with Gasteiger partial charge in [0.25, 0.3) is 0 Å². The van der Waals surface area contributed by atoms with E-state index in [4.69, 9.17) is 0 Å². The van der Waals surface area contributed by atoms with Gasteiger partial charge in [-0.1, -0.05) is 12.1 Å². The zero-order valence-electron chi connectivity index (χ0n) is 11.8. The van der Waals surface area contributed by atoms with E-state index in [0.29, 0.717) is 4.88 Å². The number of carbonyl (C=O) groups excluding carboxylic acids is 2. The third kappa shape index (κ3) is 2.90. The zero-order chi connectivity index (χ0) is 14.8. The van der Waals surface area contributed by atoms with Gasteiger partial charge in [-0.05, 0) is 48.6 Å². The predicted molar refractivity (Wildman–Crippen MR) is 81.9 cm³/mol. The Morgan fingerprint density at radius 2 is 1.95 bits per heavy atom. The van der Waals surface area contributed by atoms with Crippen molar-refractivity contribution in [2.45, 2.75) is 25.7 Å². The highest BCUT2D eigenvalue weighted by Gasteiger charge is 2.17. The van der Waals surface area contributed by atoms with Gasteiger partial charge in [-0.2, -0.15) is 0 Å². The van der Waals surface area contributed by atoms with Crippen molar-refractivity contribution in [2.24, 2.45) is 0 Å². The third-order valence-electron chi connectivity index (χ3n) is 3.79. The summed E-state index contributed by atoms with van der Waals surface area (Å²) < 4.78 is 4.64. The van der Waals surface area contributed by atoms with Crippen LogP contribution >= 0.6 is 11.3 Å². The lowest BCUT2D eigenvalue weighted by Crippen LogP contribution is -2.02. The summed E-state index contributed by atoms with van der Waals surface area (Å²) in [6.45, 7) is 0. The van der Waals surface area contributed by atoms with Gasteiger partial charge in [-0.3, -0.25) is 9.59 Å². The molecule has 0 N–H and O–H groups in total. The molecule has 0 amide bonds. The van der Waals surface area contributed by atoms with Crippen LogP contribution in [0.3, 0.4) is 0 Å². The van der Waals surface area contributed by atoms with E-state index in [1.54, 1.807) is 6.07 Å². The van der Waals surface area contributed by atoms with Crippen molar-refractivity contribution in [1.29, 1.82) is 0 Å². The van der Waals surface area contributed by atoms with Crippen molar-refractivity contribution in [3.63, 3.8) is 0 Å². The van der Waals surface area contributed by atoms with Gasteiger partial charge in [0.05, 0.1) is 18.4 Å². The maximum Gasteiger partial charge on any atom is 0.310 e. The minimum absolute atomic E-state index is 0.0332. The van der Waals surface area contributed by atoms with E-state index in [0.717, 1.165) is 23.3 Å². The first-order valence-electron chi connectivity index (χ1n) is 6.99. The molecule has 0 fully saturated rings. The van der Waals surface area contributed by atoms with Crippen LogP contribution in [-0.2, 0) is 28.8 Å².